The number of hydrogen-bond donors (Lipinski definition) is 0. The van der Waals surface area contributed by atoms with Gasteiger partial charge in [0.1, 0.15) is 11.5 Å². The molecule has 8 aromatic rings. The Morgan fingerprint density at radius 3 is 1.78 bits per heavy atom. The minimum Gasteiger partial charge on any atom is -0.456 e. The third-order valence-electron chi connectivity index (χ3n) is 11.3. The highest BCUT2D eigenvalue weighted by atomic mass is 16.5. The first-order valence-corrected chi connectivity index (χ1v) is 20.3. The number of para-hydroxylation sites is 2. The largest absolute Gasteiger partial charge is 0.456 e. The summed E-state index contributed by atoms with van der Waals surface area (Å²) in [5.74, 6) is 1.78. The summed E-state index contributed by atoms with van der Waals surface area (Å²) < 4.78 is 12.2. The number of fused-ring (bicyclic) bond motifs is 10. The average Bonchev–Trinajstić information content (AvgIpc) is 3.79. The van der Waals surface area contributed by atoms with Gasteiger partial charge in [-0.05, 0) is 65.7 Å². The maximum Gasteiger partial charge on any atom is 0.141 e. The van der Waals surface area contributed by atoms with E-state index in [4.69, 9.17) is 4.74 Å². The zero-order valence-corrected chi connectivity index (χ0v) is 32.8. The first-order valence-electron chi connectivity index (χ1n) is 20.3. The fourth-order valence-corrected chi connectivity index (χ4v) is 8.51. The fraction of sp³-hybridized carbons (Fsp3) is 0.0357. The zero-order valence-electron chi connectivity index (χ0n) is 32.8. The Bertz CT molecular complexity index is 3170. The van der Waals surface area contributed by atoms with E-state index in [-0.39, 0.29) is 5.92 Å². The molecule has 0 fully saturated rings. The molecule has 2 aliphatic rings. The molecule has 0 radical (unpaired) electrons. The van der Waals surface area contributed by atoms with Crippen molar-refractivity contribution in [3.63, 3.8) is 0 Å². The Morgan fingerprint density at radius 1 is 0.441 bits per heavy atom. The van der Waals surface area contributed by atoms with E-state index in [1.807, 2.05) is 18.2 Å². The molecule has 1 atom stereocenters. The quantitative estimate of drug-likeness (QED) is 0.176. The van der Waals surface area contributed by atoms with E-state index in [0.717, 1.165) is 77.6 Å². The van der Waals surface area contributed by atoms with Crippen LogP contribution in [0.25, 0.3) is 72.2 Å². The standard InChI is InChI=1S/C56H42N2O/c1-40-22-12-9-10-17-29-48-53(39-38-51-54(48)46-27-18-20-30-49(46)57(51)43-25-15-7-5-3-2-4-6-8-16-26-43)59-56-45(40)36-37-52-55(56)47-28-19-21-31-50(47)58(52)44-34-32-42(33-35-44)41-23-13-11-14-24-41/h2-40H,1H3/b3-2+,4-2?,5-3?,6-4-,7-5+,8-6?,10-9-,15-7?,16-8-,22-12+,25-15?,26-16?,29-17-,43-25?,43-26?. The highest BCUT2D eigenvalue weighted by molar-refractivity contribution is 6.16. The molecule has 59 heavy (non-hydrogen) atoms. The lowest BCUT2D eigenvalue weighted by atomic mass is 9.96. The molecule has 0 spiro atoms. The van der Waals surface area contributed by atoms with E-state index in [1.165, 1.54) is 11.1 Å². The topological polar surface area (TPSA) is 19.1 Å². The molecule has 0 saturated heterocycles. The van der Waals surface area contributed by atoms with Crippen molar-refractivity contribution >= 4 is 55.4 Å². The summed E-state index contributed by atoms with van der Waals surface area (Å²) in [6, 6.07) is 45.7. The molecule has 0 bridgehead atoms. The monoisotopic (exact) mass is 758 g/mol. The number of ether oxygens (including phenoxy) is 1. The Balaban J connectivity index is 1.20. The zero-order chi connectivity index (χ0) is 39.5. The smallest absolute Gasteiger partial charge is 0.141 e. The molecule has 3 nitrogen and oxygen atoms in total. The molecule has 3 heteroatoms. The van der Waals surface area contributed by atoms with E-state index >= 15 is 0 Å². The van der Waals surface area contributed by atoms with Gasteiger partial charge < -0.3 is 13.9 Å². The summed E-state index contributed by atoms with van der Waals surface area (Å²) in [6.45, 7) is 2.25. The van der Waals surface area contributed by atoms with Crippen LogP contribution in [0.2, 0.25) is 0 Å². The van der Waals surface area contributed by atoms with Crippen LogP contribution in [0.15, 0.2) is 225 Å². The van der Waals surface area contributed by atoms with Crippen molar-refractivity contribution in [1.29, 1.82) is 0 Å². The second kappa shape index (κ2) is 15.7. The molecule has 2 aromatic heterocycles. The molecule has 3 heterocycles. The first-order chi connectivity index (χ1) is 29.2. The van der Waals surface area contributed by atoms with E-state index in [1.54, 1.807) is 0 Å². The van der Waals surface area contributed by atoms with Crippen LogP contribution < -0.4 is 4.74 Å². The molecule has 6 aromatic carbocycles. The molecule has 10 rings (SSSR count). The summed E-state index contributed by atoms with van der Waals surface area (Å²) in [6.07, 6.45) is 35.8. The number of nitrogens with zero attached hydrogens (tertiary/aromatic N) is 2. The highest BCUT2D eigenvalue weighted by Gasteiger charge is 2.24. The fourth-order valence-electron chi connectivity index (χ4n) is 8.51. The maximum atomic E-state index is 7.44. The number of allylic oxidation sites excluding steroid dienone is 17. The SMILES string of the molecule is CC1/C=C/C=C\C=C/c2c(ccc3c2c2ccccc2n3C2=C\C=C/C=C\C=C\C=C\C=C2)Oc2c1ccc1c2c2ccccc2n1-c1ccc(-c2ccccc2)cc1. The molecular weight excluding hydrogens is 717 g/mol. The molecule has 1 unspecified atom stereocenters. The maximum absolute atomic E-state index is 7.44. The summed E-state index contributed by atoms with van der Waals surface area (Å²) in [4.78, 5) is 0. The lowest BCUT2D eigenvalue weighted by Crippen LogP contribution is -1.99. The van der Waals surface area contributed by atoms with Crippen molar-refractivity contribution in [2.75, 3.05) is 0 Å². The molecule has 1 aliphatic heterocycles. The van der Waals surface area contributed by atoms with Gasteiger partial charge in [0.15, 0.2) is 0 Å². The van der Waals surface area contributed by atoms with Crippen LogP contribution in [0.4, 0.5) is 0 Å². The number of rotatable bonds is 3. The number of hydrogen-bond acceptors (Lipinski definition) is 1. The van der Waals surface area contributed by atoms with Gasteiger partial charge in [0.2, 0.25) is 0 Å². The van der Waals surface area contributed by atoms with Crippen LogP contribution in [0.3, 0.4) is 0 Å². The Hall–Kier alpha value is -7.62. The third kappa shape index (κ3) is 6.63. The van der Waals surface area contributed by atoms with Gasteiger partial charge in [-0.2, -0.15) is 0 Å². The van der Waals surface area contributed by atoms with Gasteiger partial charge in [-0.25, -0.2) is 0 Å². The van der Waals surface area contributed by atoms with Crippen molar-refractivity contribution in [2.24, 2.45) is 0 Å². The van der Waals surface area contributed by atoms with Crippen molar-refractivity contribution in [3.05, 3.63) is 236 Å². The number of aromatic nitrogens is 2. The van der Waals surface area contributed by atoms with Crippen molar-refractivity contribution in [1.82, 2.24) is 9.13 Å². The minimum atomic E-state index is 0.0936. The van der Waals surface area contributed by atoms with Crippen molar-refractivity contribution in [3.8, 4) is 28.3 Å². The summed E-state index contributed by atoms with van der Waals surface area (Å²) in [5, 5.41) is 4.55. The molecule has 0 N–H and O–H groups in total. The lowest BCUT2D eigenvalue weighted by molar-refractivity contribution is 0.480. The lowest BCUT2D eigenvalue weighted by Gasteiger charge is -2.19. The third-order valence-corrected chi connectivity index (χ3v) is 11.3. The van der Waals surface area contributed by atoms with Crippen molar-refractivity contribution in [2.45, 2.75) is 12.8 Å². The van der Waals surface area contributed by atoms with Crippen LogP contribution in [0, 0.1) is 0 Å². The first kappa shape index (κ1) is 35.8. The normalized spacial score (nSPS) is 19.2. The van der Waals surface area contributed by atoms with Gasteiger partial charge in [-0.15, -0.1) is 0 Å². The average molecular weight is 759 g/mol. The molecule has 1 aliphatic carbocycles. The van der Waals surface area contributed by atoms with E-state index < -0.39 is 0 Å². The second-order valence-electron chi connectivity index (χ2n) is 14.9. The highest BCUT2D eigenvalue weighted by Crippen LogP contribution is 2.47. The van der Waals surface area contributed by atoms with Gasteiger partial charge in [-0.1, -0.05) is 183 Å². The Morgan fingerprint density at radius 2 is 1.02 bits per heavy atom. The predicted molar refractivity (Wildman–Crippen MR) is 251 cm³/mol. The van der Waals surface area contributed by atoms with E-state index in [2.05, 4.69) is 229 Å². The van der Waals surface area contributed by atoms with Crippen LogP contribution >= 0.6 is 0 Å². The summed E-state index contributed by atoms with van der Waals surface area (Å²) in [5.41, 5.74) is 11.2. The van der Waals surface area contributed by atoms with Gasteiger partial charge >= 0.3 is 0 Å². The molecule has 0 amide bonds. The Kier molecular flexibility index (Phi) is 9.54. The van der Waals surface area contributed by atoms with E-state index in [9.17, 15) is 0 Å². The minimum absolute atomic E-state index is 0.0936. The van der Waals surface area contributed by atoms with E-state index in [0.29, 0.717) is 0 Å². The predicted octanol–water partition coefficient (Wildman–Crippen LogP) is 15.2. The van der Waals surface area contributed by atoms with Crippen LogP contribution in [0.1, 0.15) is 24.0 Å². The second-order valence-corrected chi connectivity index (χ2v) is 14.9. The van der Waals surface area contributed by atoms with Crippen molar-refractivity contribution < 1.29 is 4.74 Å². The molecule has 0 saturated carbocycles. The van der Waals surface area contributed by atoms with Gasteiger partial charge in [0.25, 0.3) is 0 Å². The summed E-state index contributed by atoms with van der Waals surface area (Å²) >= 11 is 0. The van der Waals surface area contributed by atoms with Crippen LogP contribution in [-0.4, -0.2) is 9.13 Å². The van der Waals surface area contributed by atoms with Crippen LogP contribution in [0.5, 0.6) is 11.5 Å². The van der Waals surface area contributed by atoms with Crippen LogP contribution in [-0.2, 0) is 0 Å². The van der Waals surface area contributed by atoms with Gasteiger partial charge in [0.05, 0.1) is 27.5 Å². The number of benzene rings is 6. The Labute approximate surface area is 344 Å². The van der Waals surface area contributed by atoms with Gasteiger partial charge in [-0.3, -0.25) is 0 Å². The summed E-state index contributed by atoms with van der Waals surface area (Å²) in [7, 11) is 0. The van der Waals surface area contributed by atoms with Gasteiger partial charge in [0, 0.05) is 44.6 Å². The molecule has 282 valence electrons. The molecular formula is C56H42N2O.